The molecule has 0 atom stereocenters. The van der Waals surface area contributed by atoms with Crippen LogP contribution in [0.5, 0.6) is 0 Å². The summed E-state index contributed by atoms with van der Waals surface area (Å²) >= 11 is 0. The van der Waals surface area contributed by atoms with Crippen molar-refractivity contribution in [3.05, 3.63) is 65.5 Å². The number of para-hydroxylation sites is 2. The number of nitrogens with zero attached hydrogens (tertiary/aromatic N) is 2. The molecule has 2 amide bonds. The van der Waals surface area contributed by atoms with Crippen molar-refractivity contribution < 1.29 is 18.4 Å². The monoisotopic (exact) mass is 400 g/mol. The van der Waals surface area contributed by atoms with Crippen molar-refractivity contribution in [2.45, 2.75) is 26.3 Å². The number of rotatable bonds is 8. The van der Waals surface area contributed by atoms with Crippen LogP contribution >= 0.6 is 0 Å². The molecule has 0 aliphatic heterocycles. The molecule has 1 aromatic heterocycles. The third-order valence-corrected chi connectivity index (χ3v) is 4.54. The number of nitrogens with one attached hydrogen (secondary N) is 2. The highest BCUT2D eigenvalue weighted by atomic mass is 19.1. The molecule has 0 radical (unpaired) electrons. The Morgan fingerprint density at radius 3 is 2.66 bits per heavy atom. The van der Waals surface area contributed by atoms with Crippen LogP contribution in [0.4, 0.5) is 8.78 Å². The summed E-state index contributed by atoms with van der Waals surface area (Å²) in [7, 11) is 0. The largest absolute Gasteiger partial charge is 0.354 e. The summed E-state index contributed by atoms with van der Waals surface area (Å²) in [6.45, 7) is 3.22. The summed E-state index contributed by atoms with van der Waals surface area (Å²) in [6, 6.07) is 10.6. The molecule has 0 saturated heterocycles. The fourth-order valence-corrected chi connectivity index (χ4v) is 3.09. The Kier molecular flexibility index (Phi) is 6.54. The summed E-state index contributed by atoms with van der Waals surface area (Å²) in [5.41, 5.74) is 1.72. The van der Waals surface area contributed by atoms with Crippen LogP contribution in [0.15, 0.2) is 42.5 Å². The Morgan fingerprint density at radius 1 is 1.07 bits per heavy atom. The van der Waals surface area contributed by atoms with Crippen LogP contribution in [-0.4, -0.2) is 34.5 Å². The number of amides is 2. The minimum atomic E-state index is -0.914. The standard InChI is InChI=1S/C21H22F2N4O2/c1-14-26-18-5-2-3-6-19(18)27(14)12-11-24-20(28)7-4-10-25-21(29)16-9-8-15(22)13-17(16)23/h2-3,5-6,8-9,13H,4,7,10-12H2,1H3,(H,24,28)(H,25,29). The fraction of sp³-hybridized carbons (Fsp3) is 0.286. The summed E-state index contributed by atoms with van der Waals surface area (Å²) < 4.78 is 28.5. The van der Waals surface area contributed by atoms with Crippen LogP contribution in [0.3, 0.4) is 0 Å². The lowest BCUT2D eigenvalue weighted by molar-refractivity contribution is -0.121. The predicted molar refractivity (Wildman–Crippen MR) is 105 cm³/mol. The van der Waals surface area contributed by atoms with Crippen LogP contribution in [-0.2, 0) is 11.3 Å². The molecule has 2 aromatic carbocycles. The first-order valence-electron chi connectivity index (χ1n) is 9.37. The van der Waals surface area contributed by atoms with Crippen LogP contribution < -0.4 is 10.6 Å². The third kappa shape index (κ3) is 5.16. The number of hydrogen-bond donors (Lipinski definition) is 2. The van der Waals surface area contributed by atoms with Gasteiger partial charge in [-0.3, -0.25) is 9.59 Å². The Bertz CT molecular complexity index is 1030. The van der Waals surface area contributed by atoms with E-state index in [4.69, 9.17) is 0 Å². The summed E-state index contributed by atoms with van der Waals surface area (Å²) in [5.74, 6) is -1.53. The SMILES string of the molecule is Cc1nc2ccccc2n1CCNC(=O)CCCNC(=O)c1ccc(F)cc1F. The Morgan fingerprint density at radius 2 is 1.86 bits per heavy atom. The third-order valence-electron chi connectivity index (χ3n) is 4.54. The maximum absolute atomic E-state index is 13.5. The number of benzene rings is 2. The molecular weight excluding hydrogens is 378 g/mol. The molecule has 6 nitrogen and oxygen atoms in total. The van der Waals surface area contributed by atoms with E-state index in [1.807, 2.05) is 35.8 Å². The zero-order valence-corrected chi connectivity index (χ0v) is 16.0. The van der Waals surface area contributed by atoms with Gasteiger partial charge in [-0.05, 0) is 37.6 Å². The van der Waals surface area contributed by atoms with Gasteiger partial charge in [-0.25, -0.2) is 13.8 Å². The van der Waals surface area contributed by atoms with E-state index in [1.165, 1.54) is 0 Å². The van der Waals surface area contributed by atoms with E-state index in [9.17, 15) is 18.4 Å². The lowest BCUT2D eigenvalue weighted by atomic mass is 10.2. The van der Waals surface area contributed by atoms with Crippen LogP contribution in [0.2, 0.25) is 0 Å². The number of halogens is 2. The predicted octanol–water partition coefficient (Wildman–Crippen LogP) is 2.95. The Balaban J connectivity index is 1.38. The van der Waals surface area contributed by atoms with Crippen molar-refractivity contribution in [1.82, 2.24) is 20.2 Å². The highest BCUT2D eigenvalue weighted by Gasteiger charge is 2.12. The van der Waals surface area contributed by atoms with E-state index in [1.54, 1.807) is 0 Å². The number of imidazole rings is 1. The quantitative estimate of drug-likeness (QED) is 0.571. The molecule has 3 aromatic rings. The van der Waals surface area contributed by atoms with Gasteiger partial charge in [-0.1, -0.05) is 12.1 Å². The van der Waals surface area contributed by atoms with Gasteiger partial charge < -0.3 is 15.2 Å². The molecule has 1 heterocycles. The zero-order valence-electron chi connectivity index (χ0n) is 16.0. The van der Waals surface area contributed by atoms with Crippen molar-refractivity contribution in [1.29, 1.82) is 0 Å². The van der Waals surface area contributed by atoms with Crippen molar-refractivity contribution >= 4 is 22.8 Å². The van der Waals surface area contributed by atoms with Gasteiger partial charge in [0, 0.05) is 32.1 Å². The highest BCUT2D eigenvalue weighted by molar-refractivity contribution is 5.94. The van der Waals surface area contributed by atoms with Gasteiger partial charge in [-0.15, -0.1) is 0 Å². The molecule has 0 unspecified atom stereocenters. The first-order chi connectivity index (χ1) is 14.0. The van der Waals surface area contributed by atoms with Gasteiger partial charge in [-0.2, -0.15) is 0 Å². The number of fused-ring (bicyclic) bond motifs is 1. The molecular formula is C21H22F2N4O2. The first-order valence-corrected chi connectivity index (χ1v) is 9.37. The van der Waals surface area contributed by atoms with Crippen LogP contribution in [0.25, 0.3) is 11.0 Å². The van der Waals surface area contributed by atoms with Gasteiger partial charge in [0.1, 0.15) is 17.5 Å². The van der Waals surface area contributed by atoms with Gasteiger partial charge in [0.15, 0.2) is 0 Å². The second-order valence-electron chi connectivity index (χ2n) is 6.63. The molecule has 0 spiro atoms. The van der Waals surface area contributed by atoms with E-state index >= 15 is 0 Å². The molecule has 0 bridgehead atoms. The van der Waals surface area contributed by atoms with Gasteiger partial charge >= 0.3 is 0 Å². The van der Waals surface area contributed by atoms with Crippen molar-refractivity contribution in [2.75, 3.05) is 13.1 Å². The molecule has 0 aliphatic rings. The lowest BCUT2D eigenvalue weighted by Gasteiger charge is -2.09. The Hall–Kier alpha value is -3.29. The number of hydrogen-bond acceptors (Lipinski definition) is 3. The summed E-state index contributed by atoms with van der Waals surface area (Å²) in [4.78, 5) is 28.3. The van der Waals surface area contributed by atoms with Crippen molar-refractivity contribution in [3.8, 4) is 0 Å². The summed E-state index contributed by atoms with van der Waals surface area (Å²) in [6.07, 6.45) is 0.642. The maximum atomic E-state index is 13.5. The van der Waals surface area contributed by atoms with E-state index < -0.39 is 17.5 Å². The van der Waals surface area contributed by atoms with Gasteiger partial charge in [0.05, 0.1) is 16.6 Å². The minimum Gasteiger partial charge on any atom is -0.354 e. The minimum absolute atomic E-state index is 0.130. The first kappa shape index (κ1) is 20.4. The fourth-order valence-electron chi connectivity index (χ4n) is 3.09. The van der Waals surface area contributed by atoms with Crippen LogP contribution in [0, 0.1) is 18.6 Å². The molecule has 152 valence electrons. The number of carbonyl (C=O) groups is 2. The smallest absolute Gasteiger partial charge is 0.254 e. The average molecular weight is 400 g/mol. The van der Waals surface area contributed by atoms with Gasteiger partial charge in [0.2, 0.25) is 5.91 Å². The second kappa shape index (κ2) is 9.27. The number of aromatic nitrogens is 2. The topological polar surface area (TPSA) is 76.0 Å². The van der Waals surface area contributed by atoms with Crippen molar-refractivity contribution in [2.24, 2.45) is 0 Å². The van der Waals surface area contributed by atoms with E-state index in [0.717, 1.165) is 29.0 Å². The molecule has 29 heavy (non-hydrogen) atoms. The number of carbonyl (C=O) groups excluding carboxylic acids is 2. The van der Waals surface area contributed by atoms with E-state index in [0.29, 0.717) is 25.6 Å². The Labute approximate surface area is 166 Å². The molecule has 8 heteroatoms. The lowest BCUT2D eigenvalue weighted by Crippen LogP contribution is -2.29. The van der Waals surface area contributed by atoms with E-state index in [2.05, 4.69) is 15.6 Å². The zero-order chi connectivity index (χ0) is 20.8. The maximum Gasteiger partial charge on any atom is 0.254 e. The second-order valence-corrected chi connectivity index (χ2v) is 6.63. The normalized spacial score (nSPS) is 10.9. The molecule has 3 rings (SSSR count). The molecule has 2 N–H and O–H groups in total. The van der Waals surface area contributed by atoms with Gasteiger partial charge in [0.25, 0.3) is 5.91 Å². The van der Waals surface area contributed by atoms with Crippen LogP contribution in [0.1, 0.15) is 29.0 Å². The van der Waals surface area contributed by atoms with E-state index in [-0.39, 0.29) is 24.4 Å². The molecule has 0 fully saturated rings. The highest BCUT2D eigenvalue weighted by Crippen LogP contribution is 2.14. The molecule has 0 saturated carbocycles. The van der Waals surface area contributed by atoms with Crippen molar-refractivity contribution in [3.63, 3.8) is 0 Å². The molecule has 0 aliphatic carbocycles. The number of aryl methyl sites for hydroxylation is 1. The average Bonchev–Trinajstić information content (AvgIpc) is 3.00. The summed E-state index contributed by atoms with van der Waals surface area (Å²) in [5, 5.41) is 5.37.